The number of carbonyl (C=O) groups excluding carboxylic acids is 2. The van der Waals surface area contributed by atoms with Crippen LogP contribution < -0.4 is 11.1 Å². The predicted molar refractivity (Wildman–Crippen MR) is 103 cm³/mol. The molecule has 0 spiro atoms. The third kappa shape index (κ3) is 3.94. The number of nitrogens with two attached hydrogens (primary N) is 1. The van der Waals surface area contributed by atoms with Crippen LogP contribution in [0.4, 0.5) is 5.00 Å². The van der Waals surface area contributed by atoms with Crippen LogP contribution >= 0.6 is 11.3 Å². The van der Waals surface area contributed by atoms with Crippen molar-refractivity contribution in [1.82, 2.24) is 0 Å². The van der Waals surface area contributed by atoms with E-state index in [1.165, 1.54) is 11.3 Å². The number of fused-ring (bicyclic) bond motifs is 1. The van der Waals surface area contributed by atoms with Crippen LogP contribution in [0.5, 0.6) is 0 Å². The Balaban J connectivity index is 2.50. The Bertz CT molecular complexity index is 729. The van der Waals surface area contributed by atoms with E-state index in [2.05, 4.69) is 5.32 Å². The molecule has 2 rings (SSSR count). The fraction of sp³-hybridized carbons (Fsp3) is 0.684. The molecule has 0 saturated heterocycles. The van der Waals surface area contributed by atoms with E-state index in [4.69, 9.17) is 10.5 Å². The summed E-state index contributed by atoms with van der Waals surface area (Å²) >= 11 is 1.33. The fourth-order valence-electron chi connectivity index (χ4n) is 3.62. The first-order valence-electron chi connectivity index (χ1n) is 8.77. The molecule has 146 valence electrons. The van der Waals surface area contributed by atoms with Gasteiger partial charge in [0.15, 0.2) is 0 Å². The number of hydrogen-bond acceptors (Lipinski definition) is 5. The molecule has 2 heterocycles. The highest BCUT2D eigenvalue weighted by Gasteiger charge is 2.43. The molecule has 7 heteroatoms. The minimum Gasteiger partial charge on any atom is -0.396 e. The zero-order valence-electron chi connectivity index (χ0n) is 16.6. The molecular formula is C19H30N2O4S. The first-order valence-corrected chi connectivity index (χ1v) is 9.59. The summed E-state index contributed by atoms with van der Waals surface area (Å²) in [5, 5.41) is 12.9. The number of primary amides is 1. The molecule has 4 N–H and O–H groups in total. The predicted octanol–water partition coefficient (Wildman–Crippen LogP) is 3.03. The maximum atomic E-state index is 12.7. The van der Waals surface area contributed by atoms with Gasteiger partial charge in [-0.2, -0.15) is 0 Å². The normalized spacial score (nSPS) is 19.5. The van der Waals surface area contributed by atoms with Crippen LogP contribution in [0, 0.1) is 11.3 Å². The van der Waals surface area contributed by atoms with Crippen LogP contribution in [-0.2, 0) is 21.6 Å². The Kier molecular flexibility index (Phi) is 5.31. The maximum absolute atomic E-state index is 12.7. The van der Waals surface area contributed by atoms with Crippen LogP contribution in [0.1, 0.15) is 69.3 Å². The van der Waals surface area contributed by atoms with Gasteiger partial charge in [-0.25, -0.2) is 0 Å². The van der Waals surface area contributed by atoms with Crippen molar-refractivity contribution in [3.05, 3.63) is 16.0 Å². The molecule has 1 aromatic heterocycles. The second kappa shape index (κ2) is 6.62. The molecule has 0 saturated carbocycles. The number of rotatable bonds is 4. The molecule has 26 heavy (non-hydrogen) atoms. The van der Waals surface area contributed by atoms with E-state index in [-0.39, 0.29) is 12.5 Å². The number of anilines is 1. The van der Waals surface area contributed by atoms with Gasteiger partial charge in [-0.05, 0) is 38.7 Å². The van der Waals surface area contributed by atoms with E-state index >= 15 is 0 Å². The van der Waals surface area contributed by atoms with Crippen molar-refractivity contribution < 1.29 is 19.4 Å². The summed E-state index contributed by atoms with van der Waals surface area (Å²) in [5.74, 6) is -1.48. The number of carbonyl (C=O) groups is 2. The lowest BCUT2D eigenvalue weighted by Crippen LogP contribution is -2.42. The smallest absolute Gasteiger partial charge is 0.251 e. The number of aliphatic hydroxyl groups is 1. The van der Waals surface area contributed by atoms with Gasteiger partial charge in [0.05, 0.1) is 29.3 Å². The van der Waals surface area contributed by atoms with Gasteiger partial charge in [0.2, 0.25) is 5.91 Å². The lowest BCUT2D eigenvalue weighted by atomic mass is 9.80. The summed E-state index contributed by atoms with van der Waals surface area (Å²) in [7, 11) is 0. The Morgan fingerprint density at radius 1 is 1.31 bits per heavy atom. The molecule has 0 aromatic carbocycles. The van der Waals surface area contributed by atoms with Gasteiger partial charge in [-0.3, -0.25) is 9.59 Å². The summed E-state index contributed by atoms with van der Waals surface area (Å²) in [6.07, 6.45) is 0.541. The Hall–Kier alpha value is -1.44. The highest BCUT2D eigenvalue weighted by atomic mass is 32.1. The van der Waals surface area contributed by atoms with Crippen LogP contribution in [-0.4, -0.2) is 29.1 Å². The molecule has 1 aliphatic heterocycles. The van der Waals surface area contributed by atoms with Crippen molar-refractivity contribution in [2.24, 2.45) is 17.1 Å². The largest absolute Gasteiger partial charge is 0.396 e. The molecule has 1 aliphatic rings. The molecule has 0 bridgehead atoms. The molecule has 1 aromatic rings. The number of thiophene rings is 1. The number of ether oxygens (including phenoxy) is 1. The number of amides is 2. The first kappa shape index (κ1) is 20.9. The van der Waals surface area contributed by atoms with Crippen LogP contribution in [0.3, 0.4) is 0 Å². The minimum atomic E-state index is -0.594. The average molecular weight is 383 g/mol. The van der Waals surface area contributed by atoms with E-state index in [1.54, 1.807) is 0 Å². The highest BCUT2D eigenvalue weighted by Crippen LogP contribution is 2.48. The molecule has 0 radical (unpaired) electrons. The van der Waals surface area contributed by atoms with E-state index in [1.807, 2.05) is 48.5 Å². The Morgan fingerprint density at radius 3 is 2.35 bits per heavy atom. The van der Waals surface area contributed by atoms with Gasteiger partial charge in [0, 0.05) is 11.3 Å². The fourth-order valence-corrected chi connectivity index (χ4v) is 4.88. The lowest BCUT2D eigenvalue weighted by molar-refractivity contribution is -0.135. The zero-order valence-corrected chi connectivity index (χ0v) is 17.5. The molecule has 0 unspecified atom stereocenters. The second-order valence-electron chi connectivity index (χ2n) is 9.12. The van der Waals surface area contributed by atoms with E-state index in [9.17, 15) is 14.7 Å². The van der Waals surface area contributed by atoms with E-state index in [0.29, 0.717) is 17.0 Å². The molecule has 2 amide bonds. The van der Waals surface area contributed by atoms with Gasteiger partial charge < -0.3 is 20.9 Å². The summed E-state index contributed by atoms with van der Waals surface area (Å²) in [6.45, 7) is 13.2. The highest BCUT2D eigenvalue weighted by molar-refractivity contribution is 7.17. The number of hydrogen-bond donors (Lipinski definition) is 3. The monoisotopic (exact) mass is 382 g/mol. The third-order valence-electron chi connectivity index (χ3n) is 4.72. The molecular weight excluding hydrogens is 352 g/mol. The van der Waals surface area contributed by atoms with E-state index in [0.717, 1.165) is 10.4 Å². The summed E-state index contributed by atoms with van der Waals surface area (Å²) in [5.41, 5.74) is 5.41. The van der Waals surface area contributed by atoms with Crippen molar-refractivity contribution in [3.63, 3.8) is 0 Å². The Morgan fingerprint density at radius 2 is 1.88 bits per heavy atom. The van der Waals surface area contributed by atoms with Crippen molar-refractivity contribution in [3.8, 4) is 0 Å². The van der Waals surface area contributed by atoms with Crippen LogP contribution in [0.2, 0.25) is 0 Å². The zero-order chi connectivity index (χ0) is 20.1. The van der Waals surface area contributed by atoms with E-state index < -0.39 is 28.4 Å². The summed E-state index contributed by atoms with van der Waals surface area (Å²) in [4.78, 5) is 25.8. The minimum absolute atomic E-state index is 0.270. The van der Waals surface area contributed by atoms with Gasteiger partial charge >= 0.3 is 0 Å². The van der Waals surface area contributed by atoms with Gasteiger partial charge in [-0.1, -0.05) is 20.8 Å². The Labute approximate surface area is 159 Å². The van der Waals surface area contributed by atoms with Crippen molar-refractivity contribution in [1.29, 1.82) is 0 Å². The number of aliphatic hydroxyl groups excluding tert-OH is 1. The SMILES string of the molecule is CC1(C)Cc2c(sc(NC(=O)[C@H](CO)C(C)(C)C)c2C(N)=O)C(C)(C)O1. The van der Waals surface area contributed by atoms with Crippen molar-refractivity contribution in [2.75, 3.05) is 11.9 Å². The van der Waals surface area contributed by atoms with Gasteiger partial charge in [-0.15, -0.1) is 11.3 Å². The van der Waals surface area contributed by atoms with Crippen LogP contribution in [0.25, 0.3) is 0 Å². The topological polar surface area (TPSA) is 102 Å². The standard InChI is InChI=1S/C19H30N2O4S/c1-17(2,3)11(9-22)15(24)21-16-12(14(20)23)10-8-18(4,5)25-19(6,7)13(10)26-16/h11,22H,8-9H2,1-7H3,(H2,20,23)(H,21,24)/t11-/m0/s1. The summed E-state index contributed by atoms with van der Waals surface area (Å²) in [6, 6.07) is 0. The first-order chi connectivity index (χ1) is 11.7. The van der Waals surface area contributed by atoms with Crippen LogP contribution in [0.15, 0.2) is 0 Å². The van der Waals surface area contributed by atoms with Gasteiger partial charge in [0.1, 0.15) is 5.00 Å². The summed E-state index contributed by atoms with van der Waals surface area (Å²) < 4.78 is 6.17. The molecule has 0 fully saturated rings. The average Bonchev–Trinajstić information content (AvgIpc) is 2.74. The quantitative estimate of drug-likeness (QED) is 0.745. The van der Waals surface area contributed by atoms with Gasteiger partial charge in [0.25, 0.3) is 5.91 Å². The van der Waals surface area contributed by atoms with Crippen molar-refractivity contribution >= 4 is 28.2 Å². The molecule has 0 aliphatic carbocycles. The second-order valence-corrected chi connectivity index (χ2v) is 10.1. The maximum Gasteiger partial charge on any atom is 0.251 e. The lowest BCUT2D eigenvalue weighted by Gasteiger charge is -2.41. The molecule has 1 atom stereocenters. The third-order valence-corrected chi connectivity index (χ3v) is 6.17. The number of nitrogens with one attached hydrogen (secondary N) is 1. The molecule has 6 nitrogen and oxygen atoms in total. The van der Waals surface area contributed by atoms with Crippen molar-refractivity contribution in [2.45, 2.75) is 66.1 Å².